The highest BCUT2D eigenvalue weighted by molar-refractivity contribution is 5.42. The quantitative estimate of drug-likeness (QED) is 0.881. The van der Waals surface area contributed by atoms with Crippen LogP contribution in [0.5, 0.6) is 0 Å². The van der Waals surface area contributed by atoms with Gasteiger partial charge in [-0.25, -0.2) is 4.39 Å². The molecule has 0 saturated carbocycles. The third kappa shape index (κ3) is 2.91. The van der Waals surface area contributed by atoms with E-state index in [-0.39, 0.29) is 11.9 Å². The molecule has 0 heterocycles. The molecule has 0 saturated heterocycles. The minimum absolute atomic E-state index is 0.231. The van der Waals surface area contributed by atoms with Crippen molar-refractivity contribution in [1.29, 1.82) is 0 Å². The van der Waals surface area contributed by atoms with E-state index in [0.29, 0.717) is 0 Å². The van der Waals surface area contributed by atoms with Crippen LogP contribution < -0.4 is 5.73 Å². The summed E-state index contributed by atoms with van der Waals surface area (Å²) in [4.78, 5) is 0. The van der Waals surface area contributed by atoms with E-state index in [1.165, 1.54) is 17.2 Å². The summed E-state index contributed by atoms with van der Waals surface area (Å²) in [7, 11) is 0. The third-order valence-electron chi connectivity index (χ3n) is 3.91. The van der Waals surface area contributed by atoms with Crippen LogP contribution in [0, 0.1) is 12.7 Å². The molecule has 0 aliphatic carbocycles. The predicted molar refractivity (Wildman–Crippen MR) is 82.4 cm³/mol. The molecule has 0 aliphatic rings. The van der Waals surface area contributed by atoms with Crippen LogP contribution in [0.4, 0.5) is 4.39 Å². The second-order valence-electron chi connectivity index (χ2n) is 5.22. The Labute approximate surface area is 120 Å². The van der Waals surface area contributed by atoms with Crippen LogP contribution in [0.25, 0.3) is 0 Å². The zero-order chi connectivity index (χ0) is 14.7. The first-order valence-corrected chi connectivity index (χ1v) is 7.20. The standard InChI is InChI=1S/C18H22FN/c1-4-13-7-8-14(5-2)17(10-13)18(20)16-11-15(19)9-6-12(16)3/h6-11,18H,4-5,20H2,1-3H3. The normalized spacial score (nSPS) is 12.4. The van der Waals surface area contributed by atoms with Gasteiger partial charge in [-0.15, -0.1) is 0 Å². The number of rotatable bonds is 4. The summed E-state index contributed by atoms with van der Waals surface area (Å²) in [5, 5.41) is 0. The van der Waals surface area contributed by atoms with Gasteiger partial charge in [-0.1, -0.05) is 38.1 Å². The molecule has 0 aromatic heterocycles. The van der Waals surface area contributed by atoms with Crippen molar-refractivity contribution >= 4 is 0 Å². The first-order valence-electron chi connectivity index (χ1n) is 7.20. The maximum atomic E-state index is 13.5. The van der Waals surface area contributed by atoms with Gasteiger partial charge in [0, 0.05) is 0 Å². The Morgan fingerprint density at radius 1 is 1.00 bits per heavy atom. The monoisotopic (exact) mass is 271 g/mol. The Morgan fingerprint density at radius 2 is 1.75 bits per heavy atom. The van der Waals surface area contributed by atoms with Crippen molar-refractivity contribution in [2.45, 2.75) is 39.7 Å². The number of hydrogen-bond donors (Lipinski definition) is 1. The molecule has 2 N–H and O–H groups in total. The van der Waals surface area contributed by atoms with E-state index in [9.17, 15) is 4.39 Å². The van der Waals surface area contributed by atoms with Gasteiger partial charge in [0.1, 0.15) is 5.82 Å². The third-order valence-corrected chi connectivity index (χ3v) is 3.91. The number of halogens is 1. The summed E-state index contributed by atoms with van der Waals surface area (Å²) in [6.45, 7) is 6.23. The second-order valence-corrected chi connectivity index (χ2v) is 5.22. The molecule has 0 spiro atoms. The Morgan fingerprint density at radius 3 is 2.40 bits per heavy atom. The molecule has 1 nitrogen and oxygen atoms in total. The molecule has 1 atom stereocenters. The van der Waals surface area contributed by atoms with Crippen LogP contribution in [0.2, 0.25) is 0 Å². The maximum Gasteiger partial charge on any atom is 0.123 e. The zero-order valence-electron chi connectivity index (χ0n) is 12.4. The number of hydrogen-bond acceptors (Lipinski definition) is 1. The molecule has 0 radical (unpaired) electrons. The van der Waals surface area contributed by atoms with Crippen LogP contribution in [0.3, 0.4) is 0 Å². The van der Waals surface area contributed by atoms with Gasteiger partial charge in [0.15, 0.2) is 0 Å². The van der Waals surface area contributed by atoms with E-state index in [2.05, 4.69) is 32.0 Å². The number of nitrogens with two attached hydrogens (primary N) is 1. The lowest BCUT2D eigenvalue weighted by molar-refractivity contribution is 0.622. The van der Waals surface area contributed by atoms with Crippen molar-refractivity contribution in [2.24, 2.45) is 5.73 Å². The van der Waals surface area contributed by atoms with Gasteiger partial charge in [0.25, 0.3) is 0 Å². The Hall–Kier alpha value is -1.67. The van der Waals surface area contributed by atoms with E-state index < -0.39 is 0 Å². The van der Waals surface area contributed by atoms with Crippen molar-refractivity contribution in [3.63, 3.8) is 0 Å². The molecular weight excluding hydrogens is 249 g/mol. The lowest BCUT2D eigenvalue weighted by Gasteiger charge is -2.19. The molecule has 0 aliphatic heterocycles. The molecule has 2 aromatic rings. The maximum absolute atomic E-state index is 13.5. The predicted octanol–water partition coefficient (Wildman–Crippen LogP) is 4.31. The van der Waals surface area contributed by atoms with Crippen LogP contribution in [-0.4, -0.2) is 0 Å². The van der Waals surface area contributed by atoms with Crippen molar-refractivity contribution in [1.82, 2.24) is 0 Å². The highest BCUT2D eigenvalue weighted by Gasteiger charge is 2.15. The minimum Gasteiger partial charge on any atom is -0.320 e. The smallest absolute Gasteiger partial charge is 0.123 e. The zero-order valence-corrected chi connectivity index (χ0v) is 12.4. The molecule has 0 amide bonds. The van der Waals surface area contributed by atoms with Gasteiger partial charge in [-0.05, 0) is 59.7 Å². The van der Waals surface area contributed by atoms with Crippen LogP contribution >= 0.6 is 0 Å². The summed E-state index contributed by atoms with van der Waals surface area (Å²) in [6.07, 6.45) is 1.91. The lowest BCUT2D eigenvalue weighted by atomic mass is 9.90. The Balaban J connectivity index is 2.51. The van der Waals surface area contributed by atoms with Gasteiger partial charge in [-0.3, -0.25) is 0 Å². The molecule has 106 valence electrons. The van der Waals surface area contributed by atoms with E-state index in [1.807, 2.05) is 6.92 Å². The average molecular weight is 271 g/mol. The van der Waals surface area contributed by atoms with Gasteiger partial charge in [-0.2, -0.15) is 0 Å². The van der Waals surface area contributed by atoms with Crippen molar-refractivity contribution in [3.05, 3.63) is 70.0 Å². The topological polar surface area (TPSA) is 26.0 Å². The van der Waals surface area contributed by atoms with Crippen molar-refractivity contribution in [3.8, 4) is 0 Å². The van der Waals surface area contributed by atoms with Crippen LogP contribution in [0.15, 0.2) is 36.4 Å². The molecule has 2 heteroatoms. The molecule has 1 unspecified atom stereocenters. The molecule has 20 heavy (non-hydrogen) atoms. The summed E-state index contributed by atoms with van der Waals surface area (Å²) in [5.74, 6) is -0.231. The fourth-order valence-corrected chi connectivity index (χ4v) is 2.59. The van der Waals surface area contributed by atoms with Gasteiger partial charge >= 0.3 is 0 Å². The van der Waals surface area contributed by atoms with Crippen molar-refractivity contribution in [2.75, 3.05) is 0 Å². The van der Waals surface area contributed by atoms with Crippen LogP contribution in [-0.2, 0) is 12.8 Å². The number of benzene rings is 2. The molecule has 2 aromatic carbocycles. The van der Waals surface area contributed by atoms with Gasteiger partial charge in [0.05, 0.1) is 6.04 Å². The largest absolute Gasteiger partial charge is 0.320 e. The first-order chi connectivity index (χ1) is 9.56. The van der Waals surface area contributed by atoms with Crippen molar-refractivity contribution < 1.29 is 4.39 Å². The minimum atomic E-state index is -0.271. The lowest BCUT2D eigenvalue weighted by Crippen LogP contribution is -2.16. The Kier molecular flexibility index (Phi) is 4.56. The fraction of sp³-hybridized carbons (Fsp3) is 0.333. The van der Waals surface area contributed by atoms with E-state index in [1.54, 1.807) is 12.1 Å². The fourth-order valence-electron chi connectivity index (χ4n) is 2.59. The summed E-state index contributed by atoms with van der Waals surface area (Å²) in [5.41, 5.74) is 11.9. The van der Waals surface area contributed by atoms with Crippen LogP contribution in [0.1, 0.15) is 47.7 Å². The molecule has 2 rings (SSSR count). The summed E-state index contributed by atoms with van der Waals surface area (Å²) >= 11 is 0. The SMILES string of the molecule is CCc1ccc(CC)c(C(N)c2cc(F)ccc2C)c1. The first kappa shape index (κ1) is 14.7. The average Bonchev–Trinajstić information content (AvgIpc) is 2.48. The molecule has 0 fully saturated rings. The molecular formula is C18H22FN. The summed E-state index contributed by atoms with van der Waals surface area (Å²) in [6, 6.07) is 11.0. The van der Waals surface area contributed by atoms with Gasteiger partial charge < -0.3 is 5.73 Å². The van der Waals surface area contributed by atoms with E-state index >= 15 is 0 Å². The van der Waals surface area contributed by atoms with E-state index in [0.717, 1.165) is 29.5 Å². The highest BCUT2D eigenvalue weighted by atomic mass is 19.1. The molecule has 0 bridgehead atoms. The summed E-state index contributed by atoms with van der Waals surface area (Å²) < 4.78 is 13.5. The van der Waals surface area contributed by atoms with Gasteiger partial charge in [0.2, 0.25) is 0 Å². The highest BCUT2D eigenvalue weighted by Crippen LogP contribution is 2.27. The number of aryl methyl sites for hydroxylation is 3. The van der Waals surface area contributed by atoms with E-state index in [4.69, 9.17) is 5.73 Å². The second kappa shape index (κ2) is 6.19. The Bertz CT molecular complexity index is 604.